The second-order valence-corrected chi connectivity index (χ2v) is 6.11. The summed E-state index contributed by atoms with van der Waals surface area (Å²) < 4.78 is 10.3. The monoisotopic (exact) mass is 393 g/mol. The van der Waals surface area contributed by atoms with Crippen molar-refractivity contribution in [3.8, 4) is 5.75 Å². The average molecular weight is 393 g/mol. The van der Waals surface area contributed by atoms with E-state index in [-0.39, 0.29) is 11.6 Å². The topological polar surface area (TPSA) is 107 Å². The summed E-state index contributed by atoms with van der Waals surface area (Å²) in [5.41, 5.74) is 1.60. The van der Waals surface area contributed by atoms with Crippen molar-refractivity contribution in [3.63, 3.8) is 0 Å². The van der Waals surface area contributed by atoms with E-state index in [0.717, 1.165) is 5.39 Å². The molecule has 1 aromatic heterocycles. The number of para-hydroxylation sites is 1. The number of carbonyl (C=O) groups is 3. The highest BCUT2D eigenvalue weighted by Crippen LogP contribution is 2.27. The molecule has 0 saturated heterocycles. The molecule has 8 nitrogen and oxygen atoms in total. The van der Waals surface area contributed by atoms with Crippen LogP contribution in [0.2, 0.25) is 0 Å². The van der Waals surface area contributed by atoms with Gasteiger partial charge in [-0.25, -0.2) is 9.78 Å². The minimum absolute atomic E-state index is 0.113. The fourth-order valence-electron chi connectivity index (χ4n) is 2.66. The van der Waals surface area contributed by atoms with Gasteiger partial charge >= 0.3 is 5.97 Å². The number of esters is 1. The van der Waals surface area contributed by atoms with Crippen LogP contribution in [0.25, 0.3) is 10.9 Å². The van der Waals surface area contributed by atoms with Crippen molar-refractivity contribution in [2.45, 2.75) is 6.92 Å². The zero-order chi connectivity index (χ0) is 20.8. The van der Waals surface area contributed by atoms with E-state index in [1.165, 1.54) is 14.0 Å². The van der Waals surface area contributed by atoms with E-state index in [0.29, 0.717) is 22.6 Å². The lowest BCUT2D eigenvalue weighted by atomic mass is 10.2. The van der Waals surface area contributed by atoms with E-state index in [1.807, 2.05) is 18.2 Å². The minimum atomic E-state index is -0.704. The molecule has 2 amide bonds. The Morgan fingerprint density at radius 3 is 2.55 bits per heavy atom. The number of anilines is 2. The predicted octanol–water partition coefficient (Wildman–Crippen LogP) is 3.00. The van der Waals surface area contributed by atoms with Gasteiger partial charge in [-0.05, 0) is 30.3 Å². The lowest BCUT2D eigenvalue weighted by molar-refractivity contribution is -0.119. The number of fused-ring (bicyclic) bond motifs is 1. The molecule has 8 heteroatoms. The maximum Gasteiger partial charge on any atom is 0.357 e. The molecule has 3 rings (SSSR count). The Morgan fingerprint density at radius 2 is 1.79 bits per heavy atom. The summed E-state index contributed by atoms with van der Waals surface area (Å²) in [7, 11) is 1.45. The van der Waals surface area contributed by atoms with Gasteiger partial charge in [-0.2, -0.15) is 0 Å². The molecule has 0 aliphatic heterocycles. The number of methoxy groups -OCH3 is 1. The standard InChI is InChI=1S/C21H19N3O5/c1-13(25)22-15-8-10-19(28-2)18(11-15)24-20(26)12-29-21(27)17-9-7-14-5-3-4-6-16(14)23-17/h3-11H,12H2,1-2H3,(H,22,25)(H,24,26). The zero-order valence-corrected chi connectivity index (χ0v) is 15.9. The summed E-state index contributed by atoms with van der Waals surface area (Å²) in [6.45, 7) is 0.879. The molecule has 3 aromatic rings. The van der Waals surface area contributed by atoms with Crippen molar-refractivity contribution in [2.24, 2.45) is 0 Å². The second-order valence-electron chi connectivity index (χ2n) is 6.11. The van der Waals surface area contributed by atoms with Gasteiger partial charge in [-0.15, -0.1) is 0 Å². The summed E-state index contributed by atoms with van der Waals surface area (Å²) in [6, 6.07) is 15.5. The third-order valence-corrected chi connectivity index (χ3v) is 3.94. The summed E-state index contributed by atoms with van der Waals surface area (Å²) in [4.78, 5) is 39.9. The van der Waals surface area contributed by atoms with Crippen LogP contribution in [0.1, 0.15) is 17.4 Å². The molecule has 1 heterocycles. The number of ether oxygens (including phenoxy) is 2. The maximum absolute atomic E-state index is 12.2. The number of pyridine rings is 1. The third-order valence-electron chi connectivity index (χ3n) is 3.94. The number of hydrogen-bond acceptors (Lipinski definition) is 6. The van der Waals surface area contributed by atoms with Gasteiger partial charge in [-0.3, -0.25) is 9.59 Å². The van der Waals surface area contributed by atoms with Crippen molar-refractivity contribution >= 4 is 40.1 Å². The highest BCUT2D eigenvalue weighted by molar-refractivity contribution is 5.97. The van der Waals surface area contributed by atoms with Crippen LogP contribution in [-0.4, -0.2) is 36.5 Å². The van der Waals surface area contributed by atoms with E-state index < -0.39 is 18.5 Å². The molecule has 0 unspecified atom stereocenters. The highest BCUT2D eigenvalue weighted by Gasteiger charge is 2.14. The normalized spacial score (nSPS) is 10.3. The van der Waals surface area contributed by atoms with Crippen molar-refractivity contribution < 1.29 is 23.9 Å². The van der Waals surface area contributed by atoms with Crippen molar-refractivity contribution in [1.29, 1.82) is 0 Å². The first-order valence-corrected chi connectivity index (χ1v) is 8.74. The lowest BCUT2D eigenvalue weighted by Crippen LogP contribution is -2.21. The number of benzene rings is 2. The van der Waals surface area contributed by atoms with Gasteiger partial charge in [0.15, 0.2) is 6.61 Å². The van der Waals surface area contributed by atoms with E-state index in [2.05, 4.69) is 15.6 Å². The number of amides is 2. The van der Waals surface area contributed by atoms with Gasteiger partial charge in [0.25, 0.3) is 5.91 Å². The zero-order valence-electron chi connectivity index (χ0n) is 15.9. The Hall–Kier alpha value is -3.94. The molecule has 0 atom stereocenters. The van der Waals surface area contributed by atoms with Crippen LogP contribution in [-0.2, 0) is 14.3 Å². The molecule has 0 aliphatic rings. The van der Waals surface area contributed by atoms with Crippen LogP contribution < -0.4 is 15.4 Å². The van der Waals surface area contributed by atoms with Gasteiger partial charge in [-0.1, -0.05) is 24.3 Å². The first kappa shape index (κ1) is 19.8. The molecule has 0 spiro atoms. The third kappa shape index (κ3) is 5.07. The van der Waals surface area contributed by atoms with Crippen LogP contribution in [0.15, 0.2) is 54.6 Å². The Bertz CT molecular complexity index is 1080. The van der Waals surface area contributed by atoms with Crippen LogP contribution in [0.4, 0.5) is 11.4 Å². The first-order chi connectivity index (χ1) is 14.0. The van der Waals surface area contributed by atoms with Crippen molar-refractivity contribution in [2.75, 3.05) is 24.4 Å². The molecule has 29 heavy (non-hydrogen) atoms. The molecule has 148 valence electrons. The van der Waals surface area contributed by atoms with Crippen molar-refractivity contribution in [3.05, 3.63) is 60.3 Å². The number of nitrogens with zero attached hydrogens (tertiary/aromatic N) is 1. The number of nitrogens with one attached hydrogen (secondary N) is 2. The Balaban J connectivity index is 1.64. The van der Waals surface area contributed by atoms with Crippen LogP contribution in [0, 0.1) is 0 Å². The second kappa shape index (κ2) is 8.83. The van der Waals surface area contributed by atoms with Gasteiger partial charge in [0.05, 0.1) is 18.3 Å². The quantitative estimate of drug-likeness (QED) is 0.624. The molecular formula is C21H19N3O5. The molecule has 0 bridgehead atoms. The maximum atomic E-state index is 12.2. The number of rotatable bonds is 6. The summed E-state index contributed by atoms with van der Waals surface area (Å²) in [5.74, 6) is -1.11. The Morgan fingerprint density at radius 1 is 1.00 bits per heavy atom. The molecule has 0 fully saturated rings. The number of hydrogen-bond donors (Lipinski definition) is 2. The van der Waals surface area contributed by atoms with E-state index in [1.54, 1.807) is 36.4 Å². The highest BCUT2D eigenvalue weighted by atomic mass is 16.5. The van der Waals surface area contributed by atoms with Crippen LogP contribution >= 0.6 is 0 Å². The molecule has 2 aromatic carbocycles. The van der Waals surface area contributed by atoms with Crippen molar-refractivity contribution in [1.82, 2.24) is 4.98 Å². The molecule has 0 radical (unpaired) electrons. The lowest BCUT2D eigenvalue weighted by Gasteiger charge is -2.12. The fourth-order valence-corrected chi connectivity index (χ4v) is 2.66. The Kier molecular flexibility index (Phi) is 6.03. The molecule has 0 saturated carbocycles. The average Bonchev–Trinajstić information content (AvgIpc) is 2.71. The van der Waals surface area contributed by atoms with E-state index in [9.17, 15) is 14.4 Å². The summed E-state index contributed by atoms with van der Waals surface area (Å²) in [6.07, 6.45) is 0. The first-order valence-electron chi connectivity index (χ1n) is 8.74. The Labute approximate surface area is 166 Å². The smallest absolute Gasteiger partial charge is 0.357 e. The summed E-state index contributed by atoms with van der Waals surface area (Å²) >= 11 is 0. The predicted molar refractivity (Wildman–Crippen MR) is 108 cm³/mol. The van der Waals surface area contributed by atoms with Gasteiger partial charge in [0.1, 0.15) is 11.4 Å². The molecule has 2 N–H and O–H groups in total. The van der Waals surface area contributed by atoms with Crippen LogP contribution in [0.3, 0.4) is 0 Å². The largest absolute Gasteiger partial charge is 0.495 e. The number of carbonyl (C=O) groups excluding carboxylic acids is 3. The molecular weight excluding hydrogens is 374 g/mol. The van der Waals surface area contributed by atoms with Crippen LogP contribution in [0.5, 0.6) is 5.75 Å². The number of aromatic nitrogens is 1. The minimum Gasteiger partial charge on any atom is -0.495 e. The SMILES string of the molecule is COc1ccc(NC(C)=O)cc1NC(=O)COC(=O)c1ccc2ccccc2n1. The van der Waals surface area contributed by atoms with Gasteiger partial charge < -0.3 is 20.1 Å². The van der Waals surface area contributed by atoms with Gasteiger partial charge in [0.2, 0.25) is 5.91 Å². The van der Waals surface area contributed by atoms with E-state index in [4.69, 9.17) is 9.47 Å². The fraction of sp³-hybridized carbons (Fsp3) is 0.143. The summed E-state index contributed by atoms with van der Waals surface area (Å²) in [5, 5.41) is 6.11. The molecule has 0 aliphatic carbocycles. The van der Waals surface area contributed by atoms with E-state index >= 15 is 0 Å². The van der Waals surface area contributed by atoms with Gasteiger partial charge in [0, 0.05) is 18.0 Å².